The number of rotatable bonds is 3. The summed E-state index contributed by atoms with van der Waals surface area (Å²) in [6, 6.07) is 13.0. The van der Waals surface area contributed by atoms with Crippen molar-refractivity contribution < 1.29 is 14.4 Å². The minimum atomic E-state index is -0.829. The van der Waals surface area contributed by atoms with Crippen molar-refractivity contribution in [3.63, 3.8) is 0 Å². The van der Waals surface area contributed by atoms with E-state index in [1.807, 2.05) is 20.8 Å². The van der Waals surface area contributed by atoms with Crippen LogP contribution in [0.15, 0.2) is 48.5 Å². The first-order valence-corrected chi connectivity index (χ1v) is 10.0. The lowest BCUT2D eigenvalue weighted by atomic mass is 9.91. The van der Waals surface area contributed by atoms with Gasteiger partial charge in [0.2, 0.25) is 0 Å². The van der Waals surface area contributed by atoms with Crippen LogP contribution in [0.1, 0.15) is 47.3 Å². The standard InChI is InChI=1S/C21H18Cl3N3O3/c1-21(2,3)17-11-16(20(29)30-26-19(28)12-7-5-4-6-8-12)25-27(17)18-14(23)9-13(22)10-15(18)24/h4-11H,1-3H3,(H,26,28). The van der Waals surface area contributed by atoms with E-state index in [2.05, 4.69) is 10.6 Å². The molecule has 6 nitrogen and oxygen atoms in total. The number of benzene rings is 2. The van der Waals surface area contributed by atoms with Crippen LogP contribution in [0.2, 0.25) is 15.1 Å². The van der Waals surface area contributed by atoms with Crippen molar-refractivity contribution >= 4 is 46.7 Å². The lowest BCUT2D eigenvalue weighted by Crippen LogP contribution is -2.27. The molecule has 1 heterocycles. The van der Waals surface area contributed by atoms with Crippen molar-refractivity contribution in [3.8, 4) is 5.69 Å². The number of nitrogens with zero attached hydrogens (tertiary/aromatic N) is 2. The van der Waals surface area contributed by atoms with E-state index in [0.29, 0.717) is 22.0 Å². The molecule has 0 saturated carbocycles. The molecular weight excluding hydrogens is 449 g/mol. The summed E-state index contributed by atoms with van der Waals surface area (Å²) < 4.78 is 1.48. The van der Waals surface area contributed by atoms with E-state index in [4.69, 9.17) is 39.6 Å². The Bertz CT molecular complexity index is 1080. The van der Waals surface area contributed by atoms with Crippen LogP contribution in [0.5, 0.6) is 0 Å². The van der Waals surface area contributed by atoms with Crippen LogP contribution in [-0.4, -0.2) is 21.7 Å². The van der Waals surface area contributed by atoms with Crippen molar-refractivity contribution in [2.75, 3.05) is 0 Å². The monoisotopic (exact) mass is 465 g/mol. The molecule has 0 aliphatic rings. The van der Waals surface area contributed by atoms with Gasteiger partial charge in [0.1, 0.15) is 5.69 Å². The Kier molecular flexibility index (Phi) is 6.41. The van der Waals surface area contributed by atoms with Crippen molar-refractivity contribution in [3.05, 3.63) is 80.6 Å². The molecule has 0 bridgehead atoms. The Balaban J connectivity index is 1.92. The SMILES string of the molecule is CC(C)(C)c1cc(C(=O)ONC(=O)c2ccccc2)nn1-c1c(Cl)cc(Cl)cc1Cl. The minimum Gasteiger partial charge on any atom is -0.333 e. The summed E-state index contributed by atoms with van der Waals surface area (Å²) in [4.78, 5) is 29.6. The van der Waals surface area contributed by atoms with Crippen LogP contribution >= 0.6 is 34.8 Å². The summed E-state index contributed by atoms with van der Waals surface area (Å²) in [6.07, 6.45) is 0. The van der Waals surface area contributed by atoms with E-state index in [1.54, 1.807) is 36.4 Å². The molecule has 1 aromatic heterocycles. The van der Waals surface area contributed by atoms with Crippen LogP contribution in [0.3, 0.4) is 0 Å². The van der Waals surface area contributed by atoms with Crippen LogP contribution in [-0.2, 0) is 10.3 Å². The minimum absolute atomic E-state index is 0.0182. The van der Waals surface area contributed by atoms with E-state index in [0.717, 1.165) is 0 Å². The molecule has 0 saturated heterocycles. The maximum absolute atomic E-state index is 12.5. The van der Waals surface area contributed by atoms with Gasteiger partial charge < -0.3 is 4.84 Å². The number of amides is 1. The molecule has 2 aromatic carbocycles. The molecule has 1 amide bonds. The third kappa shape index (κ3) is 4.78. The van der Waals surface area contributed by atoms with Crippen molar-refractivity contribution in [2.45, 2.75) is 26.2 Å². The topological polar surface area (TPSA) is 73.2 Å². The Hall–Kier alpha value is -2.54. The second kappa shape index (κ2) is 8.68. The highest BCUT2D eigenvalue weighted by molar-refractivity contribution is 6.40. The quantitative estimate of drug-likeness (QED) is 0.508. The average molecular weight is 467 g/mol. The first-order valence-electron chi connectivity index (χ1n) is 8.90. The fraction of sp³-hybridized carbons (Fsp3) is 0.190. The van der Waals surface area contributed by atoms with Crippen LogP contribution in [0.25, 0.3) is 5.69 Å². The molecule has 3 aromatic rings. The molecule has 0 spiro atoms. The van der Waals surface area contributed by atoms with Crippen molar-refractivity contribution in [1.29, 1.82) is 0 Å². The van der Waals surface area contributed by atoms with Crippen LogP contribution in [0, 0.1) is 0 Å². The van der Waals surface area contributed by atoms with E-state index in [-0.39, 0.29) is 15.7 Å². The molecule has 1 N–H and O–H groups in total. The van der Waals surface area contributed by atoms with Crippen LogP contribution < -0.4 is 5.48 Å². The lowest BCUT2D eigenvalue weighted by Gasteiger charge is -2.21. The van der Waals surface area contributed by atoms with E-state index in [9.17, 15) is 9.59 Å². The van der Waals surface area contributed by atoms with Gasteiger partial charge in [0.05, 0.1) is 15.7 Å². The van der Waals surface area contributed by atoms with Crippen LogP contribution in [0.4, 0.5) is 0 Å². The van der Waals surface area contributed by atoms with Gasteiger partial charge in [0.15, 0.2) is 5.69 Å². The molecule has 30 heavy (non-hydrogen) atoms. The smallest absolute Gasteiger partial charge is 0.333 e. The van der Waals surface area contributed by atoms with E-state index in [1.165, 1.54) is 16.8 Å². The molecule has 0 unspecified atom stereocenters. The summed E-state index contributed by atoms with van der Waals surface area (Å²) in [7, 11) is 0. The summed E-state index contributed by atoms with van der Waals surface area (Å²) in [6.45, 7) is 5.85. The van der Waals surface area contributed by atoms with E-state index < -0.39 is 17.3 Å². The zero-order valence-electron chi connectivity index (χ0n) is 16.4. The van der Waals surface area contributed by atoms with Gasteiger partial charge in [0.25, 0.3) is 5.91 Å². The zero-order valence-corrected chi connectivity index (χ0v) is 18.6. The number of hydrogen-bond donors (Lipinski definition) is 1. The number of nitrogens with one attached hydrogen (secondary N) is 1. The Morgan fingerprint density at radius 1 is 1.00 bits per heavy atom. The summed E-state index contributed by atoms with van der Waals surface area (Å²) in [5.74, 6) is -1.38. The van der Waals surface area contributed by atoms with E-state index >= 15 is 0 Å². The molecule has 0 aliphatic carbocycles. The number of carbonyl (C=O) groups is 2. The average Bonchev–Trinajstić information content (AvgIpc) is 3.11. The zero-order chi connectivity index (χ0) is 22.1. The molecule has 156 valence electrons. The summed E-state index contributed by atoms with van der Waals surface area (Å²) in [5.41, 5.74) is 3.10. The largest absolute Gasteiger partial charge is 0.383 e. The third-order valence-electron chi connectivity index (χ3n) is 4.15. The first-order chi connectivity index (χ1) is 14.1. The number of aromatic nitrogens is 2. The molecule has 0 fully saturated rings. The molecule has 9 heteroatoms. The normalized spacial score (nSPS) is 11.3. The van der Waals surface area contributed by atoms with Gasteiger partial charge in [0, 0.05) is 16.0 Å². The van der Waals surface area contributed by atoms with Gasteiger partial charge in [-0.25, -0.2) is 9.48 Å². The number of halogens is 3. The molecule has 3 rings (SSSR count). The van der Waals surface area contributed by atoms with Gasteiger partial charge in [-0.05, 0) is 30.3 Å². The molecule has 0 atom stereocenters. The number of carbonyl (C=O) groups excluding carboxylic acids is 2. The highest BCUT2D eigenvalue weighted by Gasteiger charge is 2.27. The lowest BCUT2D eigenvalue weighted by molar-refractivity contribution is 0.0224. The molecule has 0 aliphatic heterocycles. The predicted molar refractivity (Wildman–Crippen MR) is 117 cm³/mol. The number of hydroxylamine groups is 1. The highest BCUT2D eigenvalue weighted by atomic mass is 35.5. The summed E-state index contributed by atoms with van der Waals surface area (Å²) in [5, 5.41) is 5.26. The summed E-state index contributed by atoms with van der Waals surface area (Å²) >= 11 is 18.7. The first kappa shape index (κ1) is 22.2. The van der Waals surface area contributed by atoms with Crippen molar-refractivity contribution in [2.24, 2.45) is 0 Å². The van der Waals surface area contributed by atoms with Gasteiger partial charge in [-0.1, -0.05) is 73.8 Å². The fourth-order valence-corrected chi connectivity index (χ4v) is 3.69. The second-order valence-corrected chi connectivity index (χ2v) is 8.73. The molecular formula is C21H18Cl3N3O3. The predicted octanol–water partition coefficient (Wildman–Crippen LogP) is 5.63. The van der Waals surface area contributed by atoms with Gasteiger partial charge in [-0.2, -0.15) is 10.6 Å². The van der Waals surface area contributed by atoms with Gasteiger partial charge in [-0.15, -0.1) is 0 Å². The fourth-order valence-electron chi connectivity index (χ4n) is 2.72. The van der Waals surface area contributed by atoms with Gasteiger partial charge in [-0.3, -0.25) is 4.79 Å². The second-order valence-electron chi connectivity index (χ2n) is 7.48. The maximum Gasteiger partial charge on any atom is 0.383 e. The Morgan fingerprint density at radius 2 is 1.60 bits per heavy atom. The Morgan fingerprint density at radius 3 is 2.17 bits per heavy atom. The highest BCUT2D eigenvalue weighted by Crippen LogP contribution is 2.35. The third-order valence-corrected chi connectivity index (χ3v) is 4.95. The van der Waals surface area contributed by atoms with Crippen molar-refractivity contribution in [1.82, 2.24) is 15.3 Å². The number of hydrogen-bond acceptors (Lipinski definition) is 4. The maximum atomic E-state index is 12.5. The molecule has 0 radical (unpaired) electrons. The van der Waals surface area contributed by atoms with Gasteiger partial charge >= 0.3 is 5.97 Å². The Labute approximate surface area is 188 Å².